The van der Waals surface area contributed by atoms with E-state index in [0.717, 1.165) is 0 Å². The number of carbonyl (C=O) groups is 4. The summed E-state index contributed by atoms with van der Waals surface area (Å²) in [4.78, 5) is 52.0. The molecule has 2 aromatic rings. The molecule has 0 spiro atoms. The lowest BCUT2D eigenvalue weighted by Gasteiger charge is -2.16. The summed E-state index contributed by atoms with van der Waals surface area (Å²) in [6, 6.07) is 8.46. The van der Waals surface area contributed by atoms with Crippen LogP contribution in [-0.4, -0.2) is 64.6 Å². The number of amides is 2. The van der Waals surface area contributed by atoms with Crippen molar-refractivity contribution < 1.29 is 38.0 Å². The maximum Gasteiger partial charge on any atom is 0.677 e. The Bertz CT molecular complexity index is 1430. The molecule has 1 aromatic carbocycles. The minimum atomic E-state index is -3.07. The van der Waals surface area contributed by atoms with Gasteiger partial charge < -0.3 is 25.3 Å². The van der Waals surface area contributed by atoms with Gasteiger partial charge in [-0.2, -0.15) is 0 Å². The first kappa shape index (κ1) is 28.0. The Hall–Kier alpha value is -4.55. The summed E-state index contributed by atoms with van der Waals surface area (Å²) in [6.45, 7) is 4.62. The molecule has 3 rings (SSSR count). The van der Waals surface area contributed by atoms with Gasteiger partial charge in [-0.25, -0.2) is 0 Å². The summed E-state index contributed by atoms with van der Waals surface area (Å²) in [7, 11) is -3.07. The van der Waals surface area contributed by atoms with E-state index in [-0.39, 0.29) is 45.1 Å². The molecular weight excluding hydrogens is 501 g/mol. The van der Waals surface area contributed by atoms with Crippen LogP contribution in [0.1, 0.15) is 46.7 Å². The largest absolute Gasteiger partial charge is 0.677 e. The summed E-state index contributed by atoms with van der Waals surface area (Å²) in [5.74, 6) is -4.04. The minimum Gasteiger partial charge on any atom is -0.480 e. The molecule has 1 aromatic heterocycles. The van der Waals surface area contributed by atoms with Gasteiger partial charge in [-0.3, -0.25) is 32.8 Å². The van der Waals surface area contributed by atoms with Crippen molar-refractivity contribution in [3.63, 3.8) is 0 Å². The number of nitrogens with one attached hydrogen (secondary N) is 2. The maximum absolute atomic E-state index is 14.5. The average molecular weight is 526 g/mol. The van der Waals surface area contributed by atoms with Crippen LogP contribution in [0.25, 0.3) is 5.57 Å². The van der Waals surface area contributed by atoms with Gasteiger partial charge in [0.05, 0.1) is 22.5 Å². The van der Waals surface area contributed by atoms with E-state index >= 15 is 0 Å². The zero-order valence-electron chi connectivity index (χ0n) is 21.1. The van der Waals surface area contributed by atoms with Crippen LogP contribution in [0.5, 0.6) is 0 Å². The summed E-state index contributed by atoms with van der Waals surface area (Å²) >= 11 is 0. The minimum absolute atomic E-state index is 0.0257. The number of benzene rings is 1. The van der Waals surface area contributed by atoms with Crippen LogP contribution in [-0.2, 0) is 14.4 Å². The van der Waals surface area contributed by atoms with E-state index in [1.165, 1.54) is 13.8 Å². The second-order valence-electron chi connectivity index (χ2n) is 8.52. The van der Waals surface area contributed by atoms with Crippen molar-refractivity contribution in [2.24, 2.45) is 4.99 Å². The highest BCUT2D eigenvalue weighted by molar-refractivity contribution is 6.42. The van der Waals surface area contributed by atoms with Gasteiger partial charge in [0.15, 0.2) is 0 Å². The van der Waals surface area contributed by atoms with Crippen LogP contribution in [0.2, 0.25) is 0 Å². The topological polar surface area (TPSA) is 150 Å². The highest BCUT2D eigenvalue weighted by atomic mass is 19.2. The molecule has 2 heterocycles. The second kappa shape index (κ2) is 11.2. The summed E-state index contributed by atoms with van der Waals surface area (Å²) in [6.07, 6.45) is 0. The first-order chi connectivity index (χ1) is 17.9. The number of carboxylic acid groups (broad SMARTS) is 2. The van der Waals surface area contributed by atoms with Gasteiger partial charge in [-0.1, -0.05) is 30.3 Å². The number of aliphatic carboxylic acids is 2. The Morgan fingerprint density at radius 3 is 2.00 bits per heavy atom. The number of hydrogen-bond donors (Lipinski definition) is 4. The zero-order chi connectivity index (χ0) is 28.3. The van der Waals surface area contributed by atoms with Gasteiger partial charge in [0.2, 0.25) is 0 Å². The fourth-order valence-electron chi connectivity index (χ4n) is 4.50. The van der Waals surface area contributed by atoms with Crippen LogP contribution in [0.15, 0.2) is 52.2 Å². The van der Waals surface area contributed by atoms with Gasteiger partial charge in [-0.15, -0.1) is 0 Å². The predicted octanol–water partition coefficient (Wildman–Crippen LogP) is 2.44. The lowest BCUT2D eigenvalue weighted by atomic mass is 9.93. The van der Waals surface area contributed by atoms with Crippen molar-refractivity contribution in [3.8, 4) is 0 Å². The van der Waals surface area contributed by atoms with Crippen molar-refractivity contribution in [2.45, 2.75) is 27.7 Å². The van der Waals surface area contributed by atoms with Gasteiger partial charge in [0.25, 0.3) is 11.8 Å². The average Bonchev–Trinajstić information content (AvgIpc) is 3.28. The normalized spacial score (nSPS) is 14.2. The SMILES string of the molecule is CC1=N/C(=C(/c2ccccc2)c2c(C)c(C(=O)NCC(=O)O)c(C)n2B(F)F)C(C)=C1C(=O)NCC(=O)O. The van der Waals surface area contributed by atoms with Gasteiger partial charge in [-0.05, 0) is 44.4 Å². The molecule has 4 N–H and O–H groups in total. The third-order valence-corrected chi connectivity index (χ3v) is 6.05. The van der Waals surface area contributed by atoms with Crippen LogP contribution < -0.4 is 10.6 Å². The summed E-state index contributed by atoms with van der Waals surface area (Å²) < 4.78 is 29.7. The van der Waals surface area contributed by atoms with E-state index < -0.39 is 44.2 Å². The third-order valence-electron chi connectivity index (χ3n) is 6.05. The zero-order valence-corrected chi connectivity index (χ0v) is 21.1. The molecule has 0 radical (unpaired) electrons. The maximum atomic E-state index is 14.5. The van der Waals surface area contributed by atoms with E-state index in [1.54, 1.807) is 44.2 Å². The molecule has 10 nitrogen and oxygen atoms in total. The summed E-state index contributed by atoms with van der Waals surface area (Å²) in [5.41, 5.74) is 1.57. The van der Waals surface area contributed by atoms with Crippen LogP contribution in [0.3, 0.4) is 0 Å². The molecule has 0 saturated carbocycles. The molecule has 0 aliphatic carbocycles. The molecular formula is C25H25BF2N4O6. The molecule has 0 fully saturated rings. The Balaban J connectivity index is 2.35. The van der Waals surface area contributed by atoms with Crippen LogP contribution >= 0.6 is 0 Å². The van der Waals surface area contributed by atoms with Gasteiger partial charge >= 0.3 is 19.3 Å². The molecule has 0 atom stereocenters. The van der Waals surface area contributed by atoms with Crippen molar-refractivity contribution >= 4 is 42.4 Å². The Morgan fingerprint density at radius 1 is 0.921 bits per heavy atom. The quantitative estimate of drug-likeness (QED) is 0.369. The molecule has 1 aliphatic heterocycles. The first-order valence-electron chi connectivity index (χ1n) is 11.4. The van der Waals surface area contributed by atoms with Crippen molar-refractivity contribution in [1.29, 1.82) is 0 Å². The smallest absolute Gasteiger partial charge is 0.480 e. The van der Waals surface area contributed by atoms with E-state index in [4.69, 9.17) is 10.2 Å². The second-order valence-corrected chi connectivity index (χ2v) is 8.52. The van der Waals surface area contributed by atoms with E-state index in [9.17, 15) is 27.8 Å². The fraction of sp³-hybridized carbons (Fsp3) is 0.240. The molecule has 0 bridgehead atoms. The first-order valence-corrected chi connectivity index (χ1v) is 11.4. The van der Waals surface area contributed by atoms with Crippen molar-refractivity contribution in [2.75, 3.05) is 13.1 Å². The number of aliphatic imine (C=N–C) groups is 1. The number of carbonyl (C=O) groups excluding carboxylic acids is 2. The standard InChI is InChI=1S/C25H25BF2N4O6/c1-12-19(24(37)29-10-17(33)34)14(3)31-22(12)21(16-8-6-5-7-9-16)23-13(2)20(15(4)32(23)26(27)28)25(38)30-11-18(35)36/h5-9H,10-11H2,1-4H3,(H,29,37)(H,30,38)(H,33,34)(H,35,36)/b22-21-. The highest BCUT2D eigenvalue weighted by Crippen LogP contribution is 2.40. The number of hydrogen-bond acceptors (Lipinski definition) is 5. The highest BCUT2D eigenvalue weighted by Gasteiger charge is 2.35. The predicted molar refractivity (Wildman–Crippen MR) is 136 cm³/mol. The number of allylic oxidation sites excluding steroid dienone is 1. The van der Waals surface area contributed by atoms with Gasteiger partial charge in [0, 0.05) is 17.0 Å². The number of halogens is 2. The fourth-order valence-corrected chi connectivity index (χ4v) is 4.50. The summed E-state index contributed by atoms with van der Waals surface area (Å²) in [5, 5.41) is 22.4. The number of nitrogens with zero attached hydrogens (tertiary/aromatic N) is 2. The Labute approximate surface area is 217 Å². The molecule has 1 aliphatic rings. The molecule has 38 heavy (non-hydrogen) atoms. The van der Waals surface area contributed by atoms with E-state index in [1.807, 2.05) is 0 Å². The van der Waals surface area contributed by atoms with E-state index in [0.29, 0.717) is 15.6 Å². The number of carboxylic acids is 2. The molecule has 198 valence electrons. The lowest BCUT2D eigenvalue weighted by Crippen LogP contribution is -2.32. The van der Waals surface area contributed by atoms with E-state index in [2.05, 4.69) is 15.6 Å². The lowest BCUT2D eigenvalue weighted by molar-refractivity contribution is -0.137. The van der Waals surface area contributed by atoms with Crippen LogP contribution in [0.4, 0.5) is 8.63 Å². The Kier molecular flexibility index (Phi) is 8.29. The number of aromatic nitrogens is 1. The molecule has 0 unspecified atom stereocenters. The van der Waals surface area contributed by atoms with Crippen LogP contribution in [0, 0.1) is 13.8 Å². The molecule has 13 heteroatoms. The third kappa shape index (κ3) is 5.41. The molecule has 0 saturated heterocycles. The van der Waals surface area contributed by atoms with Crippen molar-refractivity contribution in [1.82, 2.24) is 15.1 Å². The van der Waals surface area contributed by atoms with Crippen molar-refractivity contribution in [3.05, 3.63) is 75.3 Å². The van der Waals surface area contributed by atoms with Gasteiger partial charge in [0.1, 0.15) is 13.1 Å². The monoisotopic (exact) mass is 526 g/mol. The molecule has 2 amide bonds. The number of rotatable bonds is 9. The Morgan fingerprint density at radius 2 is 1.47 bits per heavy atom.